The van der Waals surface area contributed by atoms with Crippen molar-refractivity contribution in [2.45, 2.75) is 51.9 Å². The van der Waals surface area contributed by atoms with E-state index in [1.54, 1.807) is 0 Å². The molecule has 0 fully saturated rings. The van der Waals surface area contributed by atoms with Gasteiger partial charge in [0.05, 0.1) is 6.61 Å². The Morgan fingerprint density at radius 3 is 2.41 bits per heavy atom. The molecule has 0 aliphatic carbocycles. The molecule has 0 heterocycles. The molecule has 0 aromatic heterocycles. The van der Waals surface area contributed by atoms with Gasteiger partial charge in [-0.15, -0.1) is 6.61 Å². The zero-order valence-electron chi connectivity index (χ0n) is 14.3. The van der Waals surface area contributed by atoms with E-state index in [-0.39, 0.29) is 42.8 Å². The van der Waals surface area contributed by atoms with Gasteiger partial charge in [-0.1, -0.05) is 57.2 Å². The molecule has 0 saturated heterocycles. The van der Waals surface area contributed by atoms with Crippen LogP contribution in [0.5, 0.6) is 5.75 Å². The minimum Gasteiger partial charge on any atom is -0.853 e. The van der Waals surface area contributed by atoms with Gasteiger partial charge in [0.25, 0.3) is 0 Å². The van der Waals surface area contributed by atoms with Gasteiger partial charge in [-0.05, 0) is 24.5 Å². The van der Waals surface area contributed by atoms with Crippen LogP contribution in [-0.4, -0.2) is 26.4 Å². The van der Waals surface area contributed by atoms with Crippen LogP contribution in [0.25, 0.3) is 0 Å². The normalized spacial score (nSPS) is 10.3. The molecule has 0 amide bonds. The van der Waals surface area contributed by atoms with E-state index in [4.69, 9.17) is 9.47 Å². The summed E-state index contributed by atoms with van der Waals surface area (Å²) < 4.78 is 10.9. The number of para-hydroxylation sites is 1. The number of unbranched alkanes of at least 4 members (excludes halogenated alkanes) is 5. The Balaban J connectivity index is 0.00000441. The first kappa shape index (κ1) is 21.9. The summed E-state index contributed by atoms with van der Waals surface area (Å²) in [4.78, 5) is 0. The summed E-state index contributed by atoms with van der Waals surface area (Å²) in [7, 11) is 0. The summed E-state index contributed by atoms with van der Waals surface area (Å²) in [5.41, 5.74) is 1.27. The summed E-state index contributed by atoms with van der Waals surface area (Å²) in [6.07, 6.45) is 8.92. The van der Waals surface area contributed by atoms with Crippen molar-refractivity contribution in [2.75, 3.05) is 26.4 Å². The van der Waals surface area contributed by atoms with Gasteiger partial charge in [0, 0.05) is 6.61 Å². The second-order valence-electron chi connectivity index (χ2n) is 5.29. The van der Waals surface area contributed by atoms with Crippen molar-refractivity contribution in [3.63, 3.8) is 0 Å². The van der Waals surface area contributed by atoms with E-state index in [1.807, 2.05) is 12.1 Å². The number of aryl methyl sites for hydroxylation is 1. The van der Waals surface area contributed by atoms with Crippen molar-refractivity contribution in [1.29, 1.82) is 0 Å². The zero-order chi connectivity index (χ0) is 15.2. The molecular formula is C18H29NaO3. The Labute approximate surface area is 157 Å². The van der Waals surface area contributed by atoms with Crippen molar-refractivity contribution >= 4 is 0 Å². The Morgan fingerprint density at radius 2 is 1.64 bits per heavy atom. The molecular weight excluding hydrogens is 287 g/mol. The summed E-state index contributed by atoms with van der Waals surface area (Å²) in [6.45, 7) is 3.31. The van der Waals surface area contributed by atoms with Crippen molar-refractivity contribution in [1.82, 2.24) is 0 Å². The Hall–Kier alpha value is -0.0600. The van der Waals surface area contributed by atoms with E-state index < -0.39 is 0 Å². The Kier molecular flexibility index (Phi) is 15.8. The molecule has 0 bridgehead atoms. The molecule has 4 heteroatoms. The molecule has 0 saturated carbocycles. The molecule has 1 aromatic carbocycles. The molecule has 0 aliphatic rings. The van der Waals surface area contributed by atoms with E-state index >= 15 is 0 Å². The second-order valence-corrected chi connectivity index (χ2v) is 5.29. The van der Waals surface area contributed by atoms with Crippen molar-refractivity contribution in [2.24, 2.45) is 0 Å². The smallest absolute Gasteiger partial charge is 0.853 e. The van der Waals surface area contributed by atoms with Crippen molar-refractivity contribution in [3.8, 4) is 5.75 Å². The molecule has 1 aromatic rings. The van der Waals surface area contributed by atoms with E-state index in [1.165, 1.54) is 44.1 Å². The van der Waals surface area contributed by atoms with Gasteiger partial charge in [-0.25, -0.2) is 0 Å². The van der Waals surface area contributed by atoms with Crippen LogP contribution >= 0.6 is 0 Å². The SMILES string of the molecule is CCCCCCCCc1ccccc1OCCOCC[O-].[Na+]. The quantitative estimate of drug-likeness (QED) is 0.389. The van der Waals surface area contributed by atoms with Gasteiger partial charge < -0.3 is 14.6 Å². The van der Waals surface area contributed by atoms with Crippen molar-refractivity contribution < 1.29 is 44.1 Å². The molecule has 1 rings (SSSR count). The zero-order valence-corrected chi connectivity index (χ0v) is 16.3. The number of hydrogen-bond acceptors (Lipinski definition) is 3. The van der Waals surface area contributed by atoms with Crippen LogP contribution in [0.2, 0.25) is 0 Å². The van der Waals surface area contributed by atoms with Crippen LogP contribution in [0, 0.1) is 0 Å². The van der Waals surface area contributed by atoms with E-state index in [9.17, 15) is 5.11 Å². The molecule has 0 aliphatic heterocycles. The van der Waals surface area contributed by atoms with Gasteiger partial charge in [0.1, 0.15) is 12.4 Å². The first-order valence-corrected chi connectivity index (χ1v) is 8.25. The standard InChI is InChI=1S/C18H29O3.Na/c1-2-3-4-5-6-7-10-17-11-8-9-12-18(17)21-16-15-20-14-13-19;/h8-9,11-12H,2-7,10,13-16H2,1H3;/q-1;+1. The predicted octanol–water partition coefficient (Wildman–Crippen LogP) is 0.349. The van der Waals surface area contributed by atoms with Gasteiger partial charge in [0.15, 0.2) is 0 Å². The maximum atomic E-state index is 10.3. The fourth-order valence-corrected chi connectivity index (χ4v) is 2.32. The minimum absolute atomic E-state index is 0. The number of benzene rings is 1. The molecule has 0 radical (unpaired) electrons. The molecule has 22 heavy (non-hydrogen) atoms. The van der Waals surface area contributed by atoms with E-state index in [0.29, 0.717) is 13.2 Å². The maximum absolute atomic E-state index is 10.3. The number of ether oxygens (including phenoxy) is 2. The van der Waals surface area contributed by atoms with Crippen molar-refractivity contribution in [3.05, 3.63) is 29.8 Å². The molecule has 120 valence electrons. The van der Waals surface area contributed by atoms with Crippen LogP contribution in [0.4, 0.5) is 0 Å². The fraction of sp³-hybridized carbons (Fsp3) is 0.667. The third kappa shape index (κ3) is 10.6. The van der Waals surface area contributed by atoms with E-state index in [2.05, 4.69) is 19.1 Å². The van der Waals surface area contributed by atoms with Gasteiger partial charge in [-0.2, -0.15) is 0 Å². The van der Waals surface area contributed by atoms with Crippen LogP contribution < -0.4 is 39.4 Å². The average Bonchev–Trinajstić information content (AvgIpc) is 2.52. The topological polar surface area (TPSA) is 41.5 Å². The third-order valence-electron chi connectivity index (χ3n) is 3.49. The first-order chi connectivity index (χ1) is 10.4. The Bertz CT molecular complexity index is 358. The molecule has 3 nitrogen and oxygen atoms in total. The van der Waals surface area contributed by atoms with Gasteiger partial charge >= 0.3 is 29.6 Å². The molecule has 0 spiro atoms. The average molecular weight is 316 g/mol. The number of hydrogen-bond donors (Lipinski definition) is 0. The third-order valence-corrected chi connectivity index (χ3v) is 3.49. The van der Waals surface area contributed by atoms with Crippen LogP contribution in [0.3, 0.4) is 0 Å². The summed E-state index contributed by atoms with van der Waals surface area (Å²) in [5.74, 6) is 0.955. The van der Waals surface area contributed by atoms with E-state index in [0.717, 1.165) is 12.2 Å². The summed E-state index contributed by atoms with van der Waals surface area (Å²) in [5, 5.41) is 10.3. The maximum Gasteiger partial charge on any atom is 1.00 e. The molecule has 0 unspecified atom stereocenters. The van der Waals surface area contributed by atoms with Crippen LogP contribution in [0.1, 0.15) is 51.0 Å². The second kappa shape index (κ2) is 15.8. The molecule has 0 atom stereocenters. The van der Waals surface area contributed by atoms with Crippen LogP contribution in [0.15, 0.2) is 24.3 Å². The summed E-state index contributed by atoms with van der Waals surface area (Å²) >= 11 is 0. The molecule has 0 N–H and O–H groups in total. The monoisotopic (exact) mass is 316 g/mol. The summed E-state index contributed by atoms with van der Waals surface area (Å²) in [6, 6.07) is 8.21. The largest absolute Gasteiger partial charge is 1.00 e. The van der Waals surface area contributed by atoms with Gasteiger partial charge in [-0.3, -0.25) is 0 Å². The number of rotatable bonds is 13. The predicted molar refractivity (Wildman–Crippen MR) is 84.7 cm³/mol. The van der Waals surface area contributed by atoms with Crippen LogP contribution in [-0.2, 0) is 11.2 Å². The first-order valence-electron chi connectivity index (χ1n) is 8.25. The Morgan fingerprint density at radius 1 is 0.909 bits per heavy atom. The minimum atomic E-state index is -0.186. The fourth-order valence-electron chi connectivity index (χ4n) is 2.32. The van der Waals surface area contributed by atoms with Gasteiger partial charge in [0.2, 0.25) is 0 Å².